The molecule has 90 heavy (non-hydrogen) atoms. The molecule has 15 aliphatic rings. The van der Waals surface area contributed by atoms with Gasteiger partial charge in [-0.15, -0.1) is 0 Å². The summed E-state index contributed by atoms with van der Waals surface area (Å²) in [7, 11) is 0. The number of phenolic OH excluding ortho intramolecular Hbond substituents is 2. The molecule has 1 amide bonds. The highest BCUT2D eigenvalue weighted by atomic mass is 17.2. The van der Waals surface area contributed by atoms with Crippen LogP contribution in [0.5, 0.6) is 17.2 Å². The zero-order valence-electron chi connectivity index (χ0n) is 51.2. The monoisotopic (exact) mass is 1220 g/mol. The molecule has 0 radical (unpaired) electrons. The number of amides is 1. The predicted molar refractivity (Wildman–Crippen MR) is 336 cm³/mol. The summed E-state index contributed by atoms with van der Waals surface area (Å²) in [5.74, 6) is 1.22. The van der Waals surface area contributed by atoms with Crippen molar-refractivity contribution in [1.82, 2.24) is 20.2 Å². The molecule has 20 atom stereocenters. The van der Waals surface area contributed by atoms with E-state index in [4.69, 9.17) is 18.9 Å². The van der Waals surface area contributed by atoms with Crippen LogP contribution in [0.15, 0.2) is 112 Å². The van der Waals surface area contributed by atoms with Crippen LogP contribution in [0, 0.1) is 65.1 Å². The van der Waals surface area contributed by atoms with E-state index in [1.165, 1.54) is 24.3 Å². The van der Waals surface area contributed by atoms with Crippen LogP contribution in [0.1, 0.15) is 119 Å². The van der Waals surface area contributed by atoms with Crippen molar-refractivity contribution in [2.75, 3.05) is 13.2 Å². The van der Waals surface area contributed by atoms with Crippen molar-refractivity contribution >= 4 is 38.6 Å². The van der Waals surface area contributed by atoms with Gasteiger partial charge in [0, 0.05) is 83.2 Å². The molecule has 3 saturated carbocycles. The zero-order valence-corrected chi connectivity index (χ0v) is 51.2. The fraction of sp³-hybridized carbons (Fsp3) is 0.534. The van der Waals surface area contributed by atoms with Crippen molar-refractivity contribution in [1.29, 1.82) is 0 Å². The van der Waals surface area contributed by atoms with Gasteiger partial charge in [-0.3, -0.25) is 9.59 Å². The minimum absolute atomic E-state index is 0.0617. The third-order valence-corrected chi connectivity index (χ3v) is 25.4. The fourth-order valence-electron chi connectivity index (χ4n) is 21.3. The number of nitrogens with one attached hydrogen (secondary N) is 3. The predicted octanol–water partition coefficient (Wildman–Crippen LogP) is 8.75. The van der Waals surface area contributed by atoms with Crippen LogP contribution < -0.4 is 20.8 Å². The first-order valence-electron chi connectivity index (χ1n) is 33.4. The number of hydrogen-bond acceptors (Lipinski definition) is 14. The van der Waals surface area contributed by atoms with Crippen molar-refractivity contribution in [2.45, 2.75) is 170 Å². The molecule has 12 heterocycles. The van der Waals surface area contributed by atoms with E-state index in [0.717, 1.165) is 92.1 Å². The van der Waals surface area contributed by atoms with Gasteiger partial charge in [-0.1, -0.05) is 69.2 Å². The Balaban J connectivity index is 0.947. The van der Waals surface area contributed by atoms with Gasteiger partial charge in [0.15, 0.2) is 22.4 Å². The summed E-state index contributed by atoms with van der Waals surface area (Å²) in [6.45, 7) is 5.79. The second-order valence-corrected chi connectivity index (χ2v) is 29.4. The molecule has 6 aliphatic carbocycles. The van der Waals surface area contributed by atoms with Crippen LogP contribution in [0.4, 0.5) is 0 Å². The van der Waals surface area contributed by atoms with Crippen LogP contribution >= 0.6 is 0 Å². The van der Waals surface area contributed by atoms with E-state index in [1.807, 2.05) is 12.1 Å². The Labute approximate surface area is 521 Å². The van der Waals surface area contributed by atoms with Crippen molar-refractivity contribution in [3.63, 3.8) is 0 Å². The lowest BCUT2D eigenvalue weighted by atomic mass is 9.44. The molecule has 4 spiro atoms. The van der Waals surface area contributed by atoms with Gasteiger partial charge in [0.05, 0.1) is 28.5 Å². The van der Waals surface area contributed by atoms with Gasteiger partial charge in [-0.2, -0.15) is 0 Å². The number of piperidine rings is 1. The molecule has 15 bridgehead atoms. The maximum atomic E-state index is 15.3. The number of ether oxygens (including phenoxy) is 1. The number of hydrogen-bond donors (Lipinski definition) is 10. The molecule has 10 N–H and O–H groups in total. The van der Waals surface area contributed by atoms with Gasteiger partial charge < -0.3 is 65.1 Å². The fourth-order valence-corrected chi connectivity index (χ4v) is 21.3. The lowest BCUT2D eigenvalue weighted by molar-refractivity contribution is -0.400. The molecule has 20 unspecified atom stereocenters. The van der Waals surface area contributed by atoms with Crippen LogP contribution in [-0.2, 0) is 33.8 Å². The molecule has 21 rings (SSSR count). The smallest absolute Gasteiger partial charge is 0.226 e. The molecular weight excluding hydrogens is 1140 g/mol. The average Bonchev–Trinajstić information content (AvgIpc) is 0.939. The molecule has 17 nitrogen and oxygen atoms in total. The quantitative estimate of drug-likeness (QED) is 0.0480. The normalized spacial score (nSPS) is 37.5. The first-order valence-corrected chi connectivity index (χ1v) is 33.4. The lowest BCUT2D eigenvalue weighted by Crippen LogP contribution is -2.78. The maximum Gasteiger partial charge on any atom is 0.226 e. The number of allylic oxidation sites excluding steroid dienone is 3. The molecule has 5 fully saturated rings. The summed E-state index contributed by atoms with van der Waals surface area (Å²) >= 11 is 0. The third-order valence-electron chi connectivity index (χ3n) is 25.4. The number of aliphatic hydroxyl groups is 5. The first-order chi connectivity index (χ1) is 43.4. The number of carbonyl (C=O) groups is 1. The highest BCUT2D eigenvalue weighted by Gasteiger charge is 2.73. The van der Waals surface area contributed by atoms with Gasteiger partial charge in [-0.05, 0) is 171 Å². The van der Waals surface area contributed by atoms with Crippen LogP contribution in [0.2, 0.25) is 0 Å². The van der Waals surface area contributed by atoms with Crippen LogP contribution in [0.3, 0.4) is 0 Å². The van der Waals surface area contributed by atoms with E-state index >= 15 is 4.79 Å². The molecular formula is C73H82N4O13. The lowest BCUT2D eigenvalue weighted by Gasteiger charge is -2.67. The molecule has 3 aromatic heterocycles. The number of nitrogens with zero attached hydrogens (tertiary/aromatic N) is 1. The number of H-pyrrole nitrogens is 1. The Morgan fingerprint density at radius 2 is 1.76 bits per heavy atom. The highest BCUT2D eigenvalue weighted by Crippen LogP contribution is 2.68. The van der Waals surface area contributed by atoms with E-state index in [-0.39, 0.29) is 64.4 Å². The summed E-state index contributed by atoms with van der Waals surface area (Å²) in [5, 5.41) is 92.1. The molecule has 472 valence electrons. The average molecular weight is 1220 g/mol. The van der Waals surface area contributed by atoms with Crippen molar-refractivity contribution in [3.8, 4) is 22.9 Å². The number of aromatic amines is 1. The summed E-state index contributed by atoms with van der Waals surface area (Å²) < 4.78 is 17.6. The Bertz CT molecular complexity index is 4180. The Kier molecular flexibility index (Phi) is 12.9. The Hall–Kier alpha value is -6.54. The number of fused-ring (bicyclic) bond motifs is 6. The topological polar surface area (TPSA) is 261 Å². The van der Waals surface area contributed by atoms with Gasteiger partial charge in [-0.25, -0.2) is 9.78 Å². The molecule has 17 heteroatoms. The van der Waals surface area contributed by atoms with Gasteiger partial charge in [0.1, 0.15) is 59.1 Å². The molecule has 6 aromatic rings. The van der Waals surface area contributed by atoms with Crippen molar-refractivity contribution in [2.24, 2.45) is 58.2 Å². The zero-order chi connectivity index (χ0) is 61.7. The summed E-state index contributed by atoms with van der Waals surface area (Å²) in [6, 6.07) is 13.3. The van der Waals surface area contributed by atoms with Crippen LogP contribution in [-0.4, -0.2) is 118 Å². The number of carbonyl (C=O) groups excluding carboxylic acids is 1. The summed E-state index contributed by atoms with van der Waals surface area (Å²) in [4.78, 5) is 48.2. The second kappa shape index (κ2) is 20.2. The Morgan fingerprint density at radius 1 is 0.889 bits per heavy atom. The minimum atomic E-state index is -2.60. The van der Waals surface area contributed by atoms with E-state index in [0.29, 0.717) is 87.2 Å². The number of benzene rings is 3. The number of aliphatic hydroxyl groups excluding tert-OH is 4. The van der Waals surface area contributed by atoms with E-state index in [9.17, 15) is 40.5 Å². The van der Waals surface area contributed by atoms with Gasteiger partial charge in [0.25, 0.3) is 0 Å². The summed E-state index contributed by atoms with van der Waals surface area (Å²) in [6.07, 6.45) is 19.5. The number of aromatic hydroxyl groups is 2. The van der Waals surface area contributed by atoms with Gasteiger partial charge in [0.2, 0.25) is 5.91 Å². The third kappa shape index (κ3) is 7.83. The Morgan fingerprint density at radius 3 is 2.57 bits per heavy atom. The first kappa shape index (κ1) is 57.4. The second-order valence-electron chi connectivity index (χ2n) is 29.4. The van der Waals surface area contributed by atoms with Crippen LogP contribution in [0.25, 0.3) is 38.3 Å². The van der Waals surface area contributed by atoms with E-state index < -0.39 is 77.5 Å². The number of aromatic nitrogens is 2. The molecule has 2 saturated heterocycles. The summed E-state index contributed by atoms with van der Waals surface area (Å²) in [5.41, 5.74) is 0.0643. The van der Waals surface area contributed by atoms with Crippen molar-refractivity contribution < 1.29 is 59.5 Å². The largest absolute Gasteiger partial charge is 0.508 e. The SMILES string of the molecule is CCc1c2cc3[nH]c2cn1-c1c2c(cc4c(=O)cc(C)oc14)CC1OOC(C(O)(Cc4ccc(O)c5ccc(O)cc45)C(O)C(O)C(O)CO)C=CC4=CC5C(C=CC(C46NC4CC(CC)C7CCC6CC47)C15O2)C1CNC(=O)C12CCCC1(C=CC3CC1)C2. The maximum absolute atomic E-state index is 15.3. The van der Waals surface area contributed by atoms with Crippen molar-refractivity contribution in [3.05, 3.63) is 141 Å². The van der Waals surface area contributed by atoms with Gasteiger partial charge >= 0.3 is 0 Å². The standard InChI is InChI=1S/C73H82N4O13/c1-4-37-25-54-48-27-41(8-11-44(37)48)72(76-54)42-9-16-61(71(86,67(84)64(83)59(82)34-78)31-39-7-14-57(80)45-12-10-43(79)29-47(39)45)89-90-62-26-40-24-50-58(81)23-36(3)87-66(50)63-65(40)88-73(62)51(28-42)46(13-15-60(72)73)52-32-74-68(85)70(52)20-6-19-69(35-70)21-17-38(18-22-69)53-30-49-55(75-53)33-77(63)56(49)5-2/h7,9-10,12-17,21,23-24,28-30,33,37-38,41,44,46,48,51-52,54,59-62,64,67,75-76,78-80,82-84,86H,4-6,8,11,18-20,22,25-27,31-32,34-35H2,1-3H3,(H,74,85). The van der Waals surface area contributed by atoms with E-state index in [1.54, 1.807) is 25.1 Å². The molecule has 3 aromatic carbocycles. The number of phenols is 2. The number of rotatable bonds is 9. The highest BCUT2D eigenvalue weighted by molar-refractivity contribution is 5.94. The minimum Gasteiger partial charge on any atom is -0.508 e. The number of aryl methyl sites for hydroxylation is 2. The van der Waals surface area contributed by atoms with E-state index in [2.05, 4.69) is 76.7 Å². The molecule has 9 aliphatic heterocycles.